The number of aromatic nitrogens is 3. The highest BCUT2D eigenvalue weighted by molar-refractivity contribution is 5.87. The van der Waals surface area contributed by atoms with Crippen LogP contribution in [0.5, 0.6) is 0 Å². The molecule has 7 rings (SSSR count). The molecule has 2 heterocycles. The predicted octanol–water partition coefficient (Wildman–Crippen LogP) is 9.18. The number of furan rings is 1. The molecule has 0 bridgehead atoms. The summed E-state index contributed by atoms with van der Waals surface area (Å²) in [6.45, 7) is 0. The van der Waals surface area contributed by atoms with Crippen LogP contribution >= 0.6 is 0 Å². The maximum Gasteiger partial charge on any atom is 0.135 e. The summed E-state index contributed by atoms with van der Waals surface area (Å²) in [5.74, 6) is 0.869. The van der Waals surface area contributed by atoms with Gasteiger partial charge in [0.05, 0.1) is 11.9 Å². The number of hydrogen-bond donors (Lipinski definition) is 0. The van der Waals surface area contributed by atoms with E-state index in [1.165, 1.54) is 11.1 Å². The minimum absolute atomic E-state index is 0.854. The second-order valence-corrected chi connectivity index (χ2v) is 9.66. The minimum Gasteiger partial charge on any atom is -0.456 e. The Bertz CT molecular complexity index is 1910. The summed E-state index contributed by atoms with van der Waals surface area (Å²) >= 11 is 0. The van der Waals surface area contributed by atoms with Gasteiger partial charge in [0.1, 0.15) is 17.0 Å². The Morgan fingerprint density at radius 1 is 0.550 bits per heavy atom. The van der Waals surface area contributed by atoms with Crippen LogP contribution in [0.2, 0.25) is 0 Å². The van der Waals surface area contributed by atoms with Crippen LogP contribution in [0, 0.1) is 0 Å². The van der Waals surface area contributed by atoms with Gasteiger partial charge in [-0.3, -0.25) is 0 Å². The molecule has 0 radical (unpaired) electrons. The molecule has 0 fully saturated rings. The van der Waals surface area contributed by atoms with Crippen molar-refractivity contribution in [1.29, 1.82) is 0 Å². The molecular formula is C36H25N3O. The van der Waals surface area contributed by atoms with Crippen LogP contribution in [0.4, 0.5) is 0 Å². The first-order valence-corrected chi connectivity index (χ1v) is 13.2. The average molecular weight is 516 g/mol. The lowest BCUT2D eigenvalue weighted by Gasteiger charge is -2.01. The van der Waals surface area contributed by atoms with E-state index in [9.17, 15) is 0 Å². The van der Waals surface area contributed by atoms with Crippen LogP contribution in [0.15, 0.2) is 144 Å². The second-order valence-electron chi connectivity index (χ2n) is 9.66. The lowest BCUT2D eigenvalue weighted by molar-refractivity contribution is 0.631. The van der Waals surface area contributed by atoms with Crippen LogP contribution in [0.3, 0.4) is 0 Å². The maximum absolute atomic E-state index is 6.16. The van der Waals surface area contributed by atoms with Crippen molar-refractivity contribution in [3.8, 4) is 39.4 Å². The van der Waals surface area contributed by atoms with Gasteiger partial charge >= 0.3 is 0 Å². The Labute approximate surface area is 232 Å². The molecule has 0 N–H and O–H groups in total. The molecule has 0 amide bonds. The van der Waals surface area contributed by atoms with E-state index in [1.807, 2.05) is 54.6 Å². The van der Waals surface area contributed by atoms with Gasteiger partial charge in [-0.2, -0.15) is 9.90 Å². The minimum atomic E-state index is 0.854. The van der Waals surface area contributed by atoms with E-state index in [4.69, 9.17) is 4.42 Å². The molecule has 4 heteroatoms. The highest BCUT2D eigenvalue weighted by Crippen LogP contribution is 2.31. The quantitative estimate of drug-likeness (QED) is 0.207. The van der Waals surface area contributed by atoms with Crippen LogP contribution in [0.25, 0.3) is 62.5 Å². The summed E-state index contributed by atoms with van der Waals surface area (Å²) in [5.41, 5.74) is 9.39. The Morgan fingerprint density at radius 3 is 1.88 bits per heavy atom. The number of nitrogens with zero attached hydrogens (tertiary/aromatic N) is 3. The van der Waals surface area contributed by atoms with Crippen molar-refractivity contribution in [3.63, 3.8) is 0 Å². The van der Waals surface area contributed by atoms with Gasteiger partial charge in [0.25, 0.3) is 0 Å². The first-order chi connectivity index (χ1) is 19.8. The van der Waals surface area contributed by atoms with Crippen molar-refractivity contribution in [3.05, 3.63) is 151 Å². The molecule has 2 aromatic heterocycles. The maximum atomic E-state index is 6.16. The topological polar surface area (TPSA) is 43.9 Å². The van der Waals surface area contributed by atoms with Gasteiger partial charge in [0.15, 0.2) is 0 Å². The van der Waals surface area contributed by atoms with Crippen LogP contribution in [-0.4, -0.2) is 15.0 Å². The zero-order valence-corrected chi connectivity index (χ0v) is 21.7. The molecule has 7 aromatic rings. The summed E-state index contributed by atoms with van der Waals surface area (Å²) in [4.78, 5) is 1.66. The fourth-order valence-electron chi connectivity index (χ4n) is 4.79. The van der Waals surface area contributed by atoms with E-state index in [0.717, 1.165) is 50.4 Å². The number of rotatable bonds is 6. The van der Waals surface area contributed by atoms with E-state index >= 15 is 0 Å². The molecule has 0 unspecified atom stereocenters. The monoisotopic (exact) mass is 515 g/mol. The van der Waals surface area contributed by atoms with E-state index in [1.54, 1.807) is 11.0 Å². The zero-order valence-electron chi connectivity index (χ0n) is 21.7. The third-order valence-corrected chi connectivity index (χ3v) is 6.97. The molecule has 4 nitrogen and oxygen atoms in total. The zero-order chi connectivity index (χ0) is 26.7. The Balaban J connectivity index is 1.04. The van der Waals surface area contributed by atoms with Gasteiger partial charge in [-0.1, -0.05) is 115 Å². The molecule has 0 spiro atoms. The second kappa shape index (κ2) is 10.4. The molecule has 0 aliphatic rings. The largest absolute Gasteiger partial charge is 0.456 e. The molecule has 0 aliphatic carbocycles. The van der Waals surface area contributed by atoms with Gasteiger partial charge in [-0.25, -0.2) is 0 Å². The van der Waals surface area contributed by atoms with E-state index in [2.05, 4.69) is 101 Å². The van der Waals surface area contributed by atoms with Crippen LogP contribution < -0.4 is 0 Å². The Kier molecular flexibility index (Phi) is 6.11. The molecule has 190 valence electrons. The summed E-state index contributed by atoms with van der Waals surface area (Å²) in [6.07, 6.45) is 6.01. The van der Waals surface area contributed by atoms with Crippen molar-refractivity contribution in [2.24, 2.45) is 0 Å². The third kappa shape index (κ3) is 4.86. The predicted molar refractivity (Wildman–Crippen MR) is 163 cm³/mol. The fourth-order valence-corrected chi connectivity index (χ4v) is 4.79. The average Bonchev–Trinajstić information content (AvgIpc) is 3.69. The SMILES string of the molecule is C(=Cc1ccc(-n2ncc(-c3ccccc3)n2)cc1)c1ccc(-c2cc3cc(-c4ccccc4)ccc3o2)cc1. The number of hydrogen-bond acceptors (Lipinski definition) is 3. The molecule has 0 saturated carbocycles. The highest BCUT2D eigenvalue weighted by Gasteiger charge is 2.08. The number of benzene rings is 5. The summed E-state index contributed by atoms with van der Waals surface area (Å²) in [7, 11) is 0. The summed E-state index contributed by atoms with van der Waals surface area (Å²) in [6, 6.07) is 45.6. The van der Waals surface area contributed by atoms with E-state index in [0.29, 0.717) is 0 Å². The first kappa shape index (κ1) is 23.6. The smallest absolute Gasteiger partial charge is 0.135 e. The van der Waals surface area contributed by atoms with Crippen molar-refractivity contribution in [2.45, 2.75) is 0 Å². The van der Waals surface area contributed by atoms with Gasteiger partial charge in [0, 0.05) is 16.5 Å². The normalized spacial score (nSPS) is 11.4. The highest BCUT2D eigenvalue weighted by atomic mass is 16.3. The van der Waals surface area contributed by atoms with Crippen molar-refractivity contribution in [2.75, 3.05) is 0 Å². The van der Waals surface area contributed by atoms with Crippen molar-refractivity contribution in [1.82, 2.24) is 15.0 Å². The first-order valence-electron chi connectivity index (χ1n) is 13.2. The Morgan fingerprint density at radius 2 is 1.18 bits per heavy atom. The van der Waals surface area contributed by atoms with Crippen LogP contribution in [0.1, 0.15) is 11.1 Å². The van der Waals surface area contributed by atoms with Gasteiger partial charge in [-0.05, 0) is 52.6 Å². The lowest BCUT2D eigenvalue weighted by atomic mass is 10.0. The fraction of sp³-hybridized carbons (Fsp3) is 0. The third-order valence-electron chi connectivity index (χ3n) is 6.97. The molecule has 5 aromatic carbocycles. The van der Waals surface area contributed by atoms with Crippen molar-refractivity contribution >= 4 is 23.1 Å². The van der Waals surface area contributed by atoms with Crippen LogP contribution in [-0.2, 0) is 0 Å². The number of fused-ring (bicyclic) bond motifs is 1. The molecule has 0 saturated heterocycles. The lowest BCUT2D eigenvalue weighted by Crippen LogP contribution is -1.98. The molecule has 40 heavy (non-hydrogen) atoms. The van der Waals surface area contributed by atoms with E-state index in [-0.39, 0.29) is 0 Å². The molecule has 0 aliphatic heterocycles. The van der Waals surface area contributed by atoms with Gasteiger partial charge < -0.3 is 4.42 Å². The van der Waals surface area contributed by atoms with Gasteiger partial charge in [0.2, 0.25) is 0 Å². The summed E-state index contributed by atoms with van der Waals surface area (Å²) < 4.78 is 6.16. The molecule has 0 atom stereocenters. The summed E-state index contributed by atoms with van der Waals surface area (Å²) in [5, 5.41) is 10.2. The Hall–Kier alpha value is -5.48. The molecular weight excluding hydrogens is 490 g/mol. The van der Waals surface area contributed by atoms with Gasteiger partial charge in [-0.15, -0.1) is 5.10 Å². The van der Waals surface area contributed by atoms with Crippen molar-refractivity contribution < 1.29 is 4.42 Å². The standard InChI is InChI=1S/C36H25N3O/c1-3-7-28(8-4-1)31-19-22-35-32(23-31)24-36(40-35)30-17-13-26(14-18-30)11-12-27-15-20-33(21-16-27)39-37-25-34(38-39)29-9-5-2-6-10-29/h1-25H. The van der Waals surface area contributed by atoms with E-state index < -0.39 is 0 Å².